The summed E-state index contributed by atoms with van der Waals surface area (Å²) in [5, 5.41) is 3.39. The van der Waals surface area contributed by atoms with E-state index in [1.807, 2.05) is 0 Å². The molecule has 2 unspecified atom stereocenters. The molecule has 78 valence electrons. The average Bonchev–Trinajstić information content (AvgIpc) is 2.60. The molecule has 0 aromatic carbocycles. The SMILES string of the molecule is CCOCCCC1CSCC1NC. The average molecular weight is 203 g/mol. The number of nitrogens with one attached hydrogen (secondary N) is 1. The first-order valence-corrected chi connectivity index (χ1v) is 6.36. The van der Waals surface area contributed by atoms with Crippen LogP contribution in [0.2, 0.25) is 0 Å². The van der Waals surface area contributed by atoms with Gasteiger partial charge in [-0.2, -0.15) is 11.8 Å². The van der Waals surface area contributed by atoms with Crippen molar-refractivity contribution in [2.75, 3.05) is 31.8 Å². The van der Waals surface area contributed by atoms with Crippen LogP contribution in [0.5, 0.6) is 0 Å². The van der Waals surface area contributed by atoms with Crippen molar-refractivity contribution in [2.45, 2.75) is 25.8 Å². The van der Waals surface area contributed by atoms with E-state index in [9.17, 15) is 0 Å². The minimum absolute atomic E-state index is 0.742. The molecule has 1 aliphatic heterocycles. The second-order valence-corrected chi connectivity index (χ2v) is 4.61. The summed E-state index contributed by atoms with van der Waals surface area (Å²) in [5.41, 5.74) is 0. The standard InChI is InChI=1S/C10H21NOS/c1-3-12-6-4-5-9-7-13-8-10(9)11-2/h9-11H,3-8H2,1-2H3. The first-order valence-electron chi connectivity index (χ1n) is 5.21. The van der Waals surface area contributed by atoms with Crippen molar-refractivity contribution >= 4 is 11.8 Å². The summed E-state index contributed by atoms with van der Waals surface area (Å²) in [5.74, 6) is 3.49. The van der Waals surface area contributed by atoms with Crippen LogP contribution >= 0.6 is 11.8 Å². The molecule has 0 spiro atoms. The molecule has 0 bridgehead atoms. The Morgan fingerprint density at radius 3 is 3.00 bits per heavy atom. The molecule has 0 aliphatic carbocycles. The molecule has 2 nitrogen and oxygen atoms in total. The zero-order chi connectivity index (χ0) is 9.52. The molecule has 1 N–H and O–H groups in total. The zero-order valence-corrected chi connectivity index (χ0v) is 9.53. The lowest BCUT2D eigenvalue weighted by atomic mass is 9.98. The third-order valence-corrected chi connectivity index (χ3v) is 3.90. The normalized spacial score (nSPS) is 28.2. The Kier molecular flexibility index (Phi) is 5.83. The number of ether oxygens (including phenoxy) is 1. The van der Waals surface area contributed by atoms with Gasteiger partial charge in [-0.05, 0) is 38.5 Å². The Balaban J connectivity index is 2.06. The maximum atomic E-state index is 5.33. The van der Waals surface area contributed by atoms with Gasteiger partial charge in [0.2, 0.25) is 0 Å². The predicted octanol–water partition coefficient (Wildman–Crippen LogP) is 1.75. The van der Waals surface area contributed by atoms with E-state index in [0.717, 1.165) is 25.2 Å². The van der Waals surface area contributed by atoms with Gasteiger partial charge in [-0.15, -0.1) is 0 Å². The number of hydrogen-bond acceptors (Lipinski definition) is 3. The summed E-state index contributed by atoms with van der Waals surface area (Å²) in [7, 11) is 2.08. The zero-order valence-electron chi connectivity index (χ0n) is 8.71. The third-order valence-electron chi connectivity index (χ3n) is 2.64. The second-order valence-electron chi connectivity index (χ2n) is 3.53. The molecular formula is C10H21NOS. The molecule has 1 aliphatic rings. The van der Waals surface area contributed by atoms with E-state index in [1.165, 1.54) is 24.3 Å². The van der Waals surface area contributed by atoms with Crippen molar-refractivity contribution in [1.29, 1.82) is 0 Å². The lowest BCUT2D eigenvalue weighted by Gasteiger charge is -2.17. The first kappa shape index (κ1) is 11.3. The van der Waals surface area contributed by atoms with Gasteiger partial charge in [0.15, 0.2) is 0 Å². The molecule has 0 radical (unpaired) electrons. The fourth-order valence-corrected chi connectivity index (χ4v) is 3.32. The Morgan fingerprint density at radius 1 is 1.46 bits per heavy atom. The van der Waals surface area contributed by atoms with Gasteiger partial charge in [-0.1, -0.05) is 0 Å². The molecule has 1 saturated heterocycles. The van der Waals surface area contributed by atoms with Gasteiger partial charge in [-0.25, -0.2) is 0 Å². The van der Waals surface area contributed by atoms with E-state index >= 15 is 0 Å². The molecule has 0 saturated carbocycles. The van der Waals surface area contributed by atoms with Crippen LogP contribution in [0.3, 0.4) is 0 Å². The Labute approximate surface area is 85.8 Å². The van der Waals surface area contributed by atoms with Crippen molar-refractivity contribution in [1.82, 2.24) is 5.32 Å². The summed E-state index contributed by atoms with van der Waals surface area (Å²) in [6.07, 6.45) is 2.54. The summed E-state index contributed by atoms with van der Waals surface area (Å²) >= 11 is 2.08. The minimum Gasteiger partial charge on any atom is -0.382 e. The second kappa shape index (κ2) is 6.68. The first-order chi connectivity index (χ1) is 6.38. The highest BCUT2D eigenvalue weighted by atomic mass is 32.2. The van der Waals surface area contributed by atoms with Crippen LogP contribution < -0.4 is 5.32 Å². The Morgan fingerprint density at radius 2 is 2.31 bits per heavy atom. The van der Waals surface area contributed by atoms with Crippen LogP contribution in [0.25, 0.3) is 0 Å². The minimum atomic E-state index is 0.742. The molecule has 0 aromatic rings. The van der Waals surface area contributed by atoms with E-state index in [4.69, 9.17) is 4.74 Å². The Hall–Kier alpha value is 0.270. The molecule has 2 atom stereocenters. The molecule has 13 heavy (non-hydrogen) atoms. The van der Waals surface area contributed by atoms with Gasteiger partial charge < -0.3 is 10.1 Å². The monoisotopic (exact) mass is 203 g/mol. The van der Waals surface area contributed by atoms with Crippen LogP contribution in [0.15, 0.2) is 0 Å². The van der Waals surface area contributed by atoms with Gasteiger partial charge in [0, 0.05) is 25.0 Å². The fraction of sp³-hybridized carbons (Fsp3) is 1.00. The summed E-state index contributed by atoms with van der Waals surface area (Å²) in [6.45, 7) is 3.85. The summed E-state index contributed by atoms with van der Waals surface area (Å²) in [6, 6.07) is 0.742. The largest absolute Gasteiger partial charge is 0.382 e. The van der Waals surface area contributed by atoms with Gasteiger partial charge in [-0.3, -0.25) is 0 Å². The quantitative estimate of drug-likeness (QED) is 0.665. The highest BCUT2D eigenvalue weighted by Gasteiger charge is 2.25. The molecule has 3 heteroatoms. The highest BCUT2D eigenvalue weighted by Crippen LogP contribution is 2.27. The van der Waals surface area contributed by atoms with Crippen LogP contribution in [0, 0.1) is 5.92 Å². The molecule has 1 heterocycles. The van der Waals surface area contributed by atoms with Crippen LogP contribution in [-0.4, -0.2) is 37.8 Å². The van der Waals surface area contributed by atoms with Crippen molar-refractivity contribution in [3.05, 3.63) is 0 Å². The van der Waals surface area contributed by atoms with Gasteiger partial charge in [0.1, 0.15) is 0 Å². The van der Waals surface area contributed by atoms with Crippen LogP contribution in [0.4, 0.5) is 0 Å². The van der Waals surface area contributed by atoms with Crippen LogP contribution in [0.1, 0.15) is 19.8 Å². The molecular weight excluding hydrogens is 182 g/mol. The number of thioether (sulfide) groups is 1. The fourth-order valence-electron chi connectivity index (χ4n) is 1.79. The predicted molar refractivity (Wildman–Crippen MR) is 59.4 cm³/mol. The van der Waals surface area contributed by atoms with Gasteiger partial charge in [0.25, 0.3) is 0 Å². The van der Waals surface area contributed by atoms with E-state index in [2.05, 4.69) is 31.1 Å². The van der Waals surface area contributed by atoms with Gasteiger partial charge in [0.05, 0.1) is 0 Å². The smallest absolute Gasteiger partial charge is 0.0466 e. The summed E-state index contributed by atoms with van der Waals surface area (Å²) < 4.78 is 5.33. The molecule has 0 amide bonds. The summed E-state index contributed by atoms with van der Waals surface area (Å²) in [4.78, 5) is 0. The maximum Gasteiger partial charge on any atom is 0.0466 e. The van der Waals surface area contributed by atoms with Crippen LogP contribution in [-0.2, 0) is 4.74 Å². The third kappa shape index (κ3) is 3.88. The molecule has 0 aromatic heterocycles. The van der Waals surface area contributed by atoms with Crippen molar-refractivity contribution in [2.24, 2.45) is 5.92 Å². The van der Waals surface area contributed by atoms with E-state index in [1.54, 1.807) is 0 Å². The van der Waals surface area contributed by atoms with Crippen molar-refractivity contribution < 1.29 is 4.74 Å². The molecule has 1 rings (SSSR count). The lowest BCUT2D eigenvalue weighted by Crippen LogP contribution is -2.32. The van der Waals surface area contributed by atoms with Gasteiger partial charge >= 0.3 is 0 Å². The Bertz CT molecular complexity index is 132. The maximum absolute atomic E-state index is 5.33. The van der Waals surface area contributed by atoms with E-state index < -0.39 is 0 Å². The molecule has 1 fully saturated rings. The van der Waals surface area contributed by atoms with Crippen molar-refractivity contribution in [3.63, 3.8) is 0 Å². The van der Waals surface area contributed by atoms with E-state index in [-0.39, 0.29) is 0 Å². The topological polar surface area (TPSA) is 21.3 Å². The van der Waals surface area contributed by atoms with Crippen molar-refractivity contribution in [3.8, 4) is 0 Å². The number of hydrogen-bond donors (Lipinski definition) is 1. The highest BCUT2D eigenvalue weighted by molar-refractivity contribution is 7.99. The van der Waals surface area contributed by atoms with E-state index in [0.29, 0.717) is 0 Å². The number of rotatable bonds is 6. The lowest BCUT2D eigenvalue weighted by molar-refractivity contribution is 0.139.